The highest BCUT2D eigenvalue weighted by atomic mass is 16.2. The van der Waals surface area contributed by atoms with E-state index in [-0.39, 0.29) is 18.5 Å². The summed E-state index contributed by atoms with van der Waals surface area (Å²) in [6.07, 6.45) is 3.38. The van der Waals surface area contributed by atoms with Gasteiger partial charge in [0.25, 0.3) is 0 Å². The van der Waals surface area contributed by atoms with E-state index in [0.29, 0.717) is 26.2 Å². The lowest BCUT2D eigenvalue weighted by Crippen LogP contribution is -2.55. The summed E-state index contributed by atoms with van der Waals surface area (Å²) in [5.41, 5.74) is 0. The van der Waals surface area contributed by atoms with Crippen molar-refractivity contribution < 1.29 is 14.4 Å². The molecule has 2 rings (SSSR count). The van der Waals surface area contributed by atoms with Gasteiger partial charge in [-0.15, -0.1) is 0 Å². The second kappa shape index (κ2) is 7.98. The van der Waals surface area contributed by atoms with Gasteiger partial charge in [0, 0.05) is 46.3 Å². The molecule has 0 saturated carbocycles. The number of urea groups is 2. The van der Waals surface area contributed by atoms with Gasteiger partial charge in [-0.25, -0.2) is 9.59 Å². The molecule has 2 aliphatic rings. The smallest absolute Gasteiger partial charge is 0.321 e. The molecule has 0 aromatic heterocycles. The number of nitrogens with zero attached hydrogens (tertiary/aromatic N) is 3. The third kappa shape index (κ3) is 4.59. The van der Waals surface area contributed by atoms with Gasteiger partial charge in [0.1, 0.15) is 0 Å². The summed E-state index contributed by atoms with van der Waals surface area (Å²) in [6, 6.07) is -0.377. The first-order valence-corrected chi connectivity index (χ1v) is 7.88. The van der Waals surface area contributed by atoms with Crippen molar-refractivity contribution in [3.63, 3.8) is 0 Å². The second-order valence-corrected chi connectivity index (χ2v) is 5.72. The normalized spacial score (nSPS) is 19.7. The summed E-state index contributed by atoms with van der Waals surface area (Å²) < 4.78 is 0. The molecule has 0 spiro atoms. The molecular weight excluding hydrogens is 286 g/mol. The molecule has 0 bridgehead atoms. The van der Waals surface area contributed by atoms with Crippen LogP contribution in [0.15, 0.2) is 0 Å². The zero-order chi connectivity index (χ0) is 15.9. The summed E-state index contributed by atoms with van der Waals surface area (Å²) >= 11 is 0. The summed E-state index contributed by atoms with van der Waals surface area (Å²) in [5.74, 6) is -0.324. The van der Waals surface area contributed by atoms with Crippen LogP contribution in [-0.4, -0.2) is 85.5 Å². The first kappa shape index (κ1) is 16.5. The van der Waals surface area contributed by atoms with E-state index in [9.17, 15) is 14.4 Å². The number of amides is 5. The Balaban J connectivity index is 1.72. The van der Waals surface area contributed by atoms with Crippen molar-refractivity contribution in [2.75, 3.05) is 52.9 Å². The van der Waals surface area contributed by atoms with E-state index in [1.54, 1.807) is 0 Å². The largest absolute Gasteiger partial charge is 0.341 e. The molecule has 0 radical (unpaired) electrons. The molecule has 8 heteroatoms. The Hall–Kier alpha value is -1.83. The Bertz CT molecular complexity index is 415. The van der Waals surface area contributed by atoms with Crippen LogP contribution < -0.4 is 10.6 Å². The van der Waals surface area contributed by atoms with Crippen LogP contribution in [0, 0.1) is 0 Å². The topological polar surface area (TPSA) is 85.0 Å². The maximum Gasteiger partial charge on any atom is 0.321 e. The number of rotatable bonds is 2. The van der Waals surface area contributed by atoms with Gasteiger partial charge in [-0.3, -0.25) is 15.0 Å². The third-order valence-corrected chi connectivity index (χ3v) is 4.12. The number of piperazine rings is 1. The maximum atomic E-state index is 12.4. The molecule has 0 aromatic rings. The highest BCUT2D eigenvalue weighted by Crippen LogP contribution is 2.12. The molecule has 0 aliphatic carbocycles. The zero-order valence-electron chi connectivity index (χ0n) is 13.1. The molecule has 0 aromatic carbocycles. The van der Waals surface area contributed by atoms with Gasteiger partial charge < -0.3 is 15.1 Å². The molecule has 22 heavy (non-hydrogen) atoms. The fourth-order valence-corrected chi connectivity index (χ4v) is 2.81. The van der Waals surface area contributed by atoms with Gasteiger partial charge in [-0.1, -0.05) is 0 Å². The SMILES string of the molecule is CNC(=O)NC(=O)CN1CCN(C(=O)N2CCCCC2)CC1. The van der Waals surface area contributed by atoms with E-state index in [2.05, 4.69) is 10.6 Å². The van der Waals surface area contributed by atoms with Gasteiger partial charge in [-0.05, 0) is 19.3 Å². The highest BCUT2D eigenvalue weighted by molar-refractivity contribution is 5.95. The van der Waals surface area contributed by atoms with Crippen molar-refractivity contribution in [1.29, 1.82) is 0 Å². The van der Waals surface area contributed by atoms with Crippen LogP contribution in [0.2, 0.25) is 0 Å². The minimum atomic E-state index is -0.496. The molecular formula is C14H25N5O3. The average Bonchev–Trinajstić information content (AvgIpc) is 2.55. The molecule has 2 fully saturated rings. The summed E-state index contributed by atoms with van der Waals surface area (Å²) in [6.45, 7) is 4.45. The molecule has 0 atom stereocenters. The molecule has 2 saturated heterocycles. The number of carbonyl (C=O) groups excluding carboxylic acids is 3. The van der Waals surface area contributed by atoms with Crippen molar-refractivity contribution >= 4 is 18.0 Å². The molecule has 5 amide bonds. The van der Waals surface area contributed by atoms with Gasteiger partial charge in [0.15, 0.2) is 0 Å². The number of nitrogens with one attached hydrogen (secondary N) is 2. The summed E-state index contributed by atoms with van der Waals surface area (Å²) in [4.78, 5) is 40.8. The lowest BCUT2D eigenvalue weighted by atomic mass is 10.1. The summed E-state index contributed by atoms with van der Waals surface area (Å²) in [7, 11) is 1.47. The van der Waals surface area contributed by atoms with Crippen molar-refractivity contribution in [3.8, 4) is 0 Å². The molecule has 2 heterocycles. The van der Waals surface area contributed by atoms with E-state index in [4.69, 9.17) is 0 Å². The van der Waals surface area contributed by atoms with Crippen molar-refractivity contribution in [1.82, 2.24) is 25.3 Å². The van der Waals surface area contributed by atoms with Crippen LogP contribution in [0.1, 0.15) is 19.3 Å². The van der Waals surface area contributed by atoms with Gasteiger partial charge in [-0.2, -0.15) is 0 Å². The molecule has 0 unspecified atom stereocenters. The summed E-state index contributed by atoms with van der Waals surface area (Å²) in [5, 5.41) is 4.59. The third-order valence-electron chi connectivity index (χ3n) is 4.12. The number of hydrogen-bond acceptors (Lipinski definition) is 4. The molecule has 2 aliphatic heterocycles. The number of likely N-dealkylation sites (tertiary alicyclic amines) is 1. The van der Waals surface area contributed by atoms with Gasteiger partial charge in [0.05, 0.1) is 6.54 Å². The van der Waals surface area contributed by atoms with E-state index < -0.39 is 6.03 Å². The lowest BCUT2D eigenvalue weighted by Gasteiger charge is -2.38. The Labute approximate surface area is 130 Å². The minimum Gasteiger partial charge on any atom is -0.341 e. The van der Waals surface area contributed by atoms with Crippen LogP contribution in [0.25, 0.3) is 0 Å². The number of carbonyl (C=O) groups is 3. The highest BCUT2D eigenvalue weighted by Gasteiger charge is 2.26. The average molecular weight is 311 g/mol. The van der Waals surface area contributed by atoms with E-state index in [0.717, 1.165) is 25.9 Å². The lowest BCUT2D eigenvalue weighted by molar-refractivity contribution is -0.121. The zero-order valence-corrected chi connectivity index (χ0v) is 13.1. The van der Waals surface area contributed by atoms with Crippen molar-refractivity contribution in [3.05, 3.63) is 0 Å². The molecule has 8 nitrogen and oxygen atoms in total. The molecule has 2 N–H and O–H groups in total. The number of piperidine rings is 1. The van der Waals surface area contributed by atoms with E-state index in [1.807, 2.05) is 14.7 Å². The maximum absolute atomic E-state index is 12.4. The first-order chi connectivity index (χ1) is 10.6. The van der Waals surface area contributed by atoms with Crippen LogP contribution >= 0.6 is 0 Å². The first-order valence-electron chi connectivity index (χ1n) is 7.88. The van der Waals surface area contributed by atoms with E-state index >= 15 is 0 Å². The Morgan fingerprint density at radius 1 is 0.864 bits per heavy atom. The van der Waals surface area contributed by atoms with Crippen LogP contribution in [-0.2, 0) is 4.79 Å². The predicted molar refractivity (Wildman–Crippen MR) is 81.4 cm³/mol. The second-order valence-electron chi connectivity index (χ2n) is 5.72. The standard InChI is InChI=1S/C14H25N5O3/c1-15-13(21)16-12(20)11-17-7-9-19(10-8-17)14(22)18-5-3-2-4-6-18/h2-11H2,1H3,(H2,15,16,20,21). The van der Waals surface area contributed by atoms with Crippen LogP contribution in [0.5, 0.6) is 0 Å². The fraction of sp³-hybridized carbons (Fsp3) is 0.786. The number of imide groups is 1. The molecule has 124 valence electrons. The monoisotopic (exact) mass is 311 g/mol. The van der Waals surface area contributed by atoms with Crippen molar-refractivity contribution in [2.45, 2.75) is 19.3 Å². The van der Waals surface area contributed by atoms with Crippen molar-refractivity contribution in [2.24, 2.45) is 0 Å². The predicted octanol–water partition coefficient (Wildman–Crippen LogP) is -0.334. The fourth-order valence-electron chi connectivity index (χ4n) is 2.81. The van der Waals surface area contributed by atoms with Gasteiger partial charge >= 0.3 is 12.1 Å². The minimum absolute atomic E-state index is 0.120. The Morgan fingerprint density at radius 2 is 1.45 bits per heavy atom. The number of hydrogen-bond donors (Lipinski definition) is 2. The van der Waals surface area contributed by atoms with Crippen LogP contribution in [0.3, 0.4) is 0 Å². The van der Waals surface area contributed by atoms with Crippen LogP contribution in [0.4, 0.5) is 9.59 Å². The van der Waals surface area contributed by atoms with E-state index in [1.165, 1.54) is 13.5 Å². The van der Waals surface area contributed by atoms with Gasteiger partial charge in [0.2, 0.25) is 5.91 Å². The quantitative estimate of drug-likeness (QED) is 0.731. The Kier molecular flexibility index (Phi) is 6.00. The Morgan fingerprint density at radius 3 is 2.05 bits per heavy atom.